The lowest BCUT2D eigenvalue weighted by Crippen LogP contribution is -2.40. The number of likely N-dealkylation sites (tertiary alicyclic amines) is 1. The topological polar surface area (TPSA) is 73.1 Å². The number of aromatic hydroxyl groups is 1. The molecule has 29 heavy (non-hydrogen) atoms. The summed E-state index contributed by atoms with van der Waals surface area (Å²) in [6.07, 6.45) is 1.23. The van der Waals surface area contributed by atoms with Gasteiger partial charge in [0.25, 0.3) is 0 Å². The average molecular weight is 431 g/mol. The summed E-state index contributed by atoms with van der Waals surface area (Å²) in [5.74, 6) is -0.740. The van der Waals surface area contributed by atoms with Gasteiger partial charge in [0.1, 0.15) is 5.75 Å². The fraction of sp³-hybridized carbons (Fsp3) is 0.409. The Morgan fingerprint density at radius 2 is 1.97 bits per heavy atom. The first-order valence-corrected chi connectivity index (χ1v) is 11.0. The van der Waals surface area contributed by atoms with Crippen molar-refractivity contribution in [2.75, 3.05) is 19.6 Å². The van der Waals surface area contributed by atoms with Crippen LogP contribution in [0.5, 0.6) is 5.75 Å². The first-order valence-electron chi connectivity index (χ1n) is 9.68. The van der Waals surface area contributed by atoms with Gasteiger partial charge in [-0.1, -0.05) is 30.4 Å². The number of carboxylic acid groups (broad SMARTS) is 1. The van der Waals surface area contributed by atoms with Gasteiger partial charge >= 0.3 is 5.97 Å². The molecule has 2 heterocycles. The number of hydrogen-bond donors (Lipinski definition) is 2. The molecule has 2 aromatic rings. The van der Waals surface area contributed by atoms with Crippen LogP contribution in [0, 0.1) is 19.8 Å². The van der Waals surface area contributed by atoms with Crippen molar-refractivity contribution in [2.45, 2.75) is 33.6 Å². The Bertz CT molecular complexity index is 957. The number of thiocarbonyl (C=S) groups is 1. The molecule has 0 spiro atoms. The molecule has 1 aromatic heterocycles. The number of carbonyl (C=O) groups is 1. The van der Waals surface area contributed by atoms with Crippen LogP contribution in [0.3, 0.4) is 0 Å². The zero-order valence-electron chi connectivity index (χ0n) is 16.9. The van der Waals surface area contributed by atoms with Gasteiger partial charge in [0.05, 0.1) is 22.3 Å². The number of rotatable bonds is 5. The van der Waals surface area contributed by atoms with Gasteiger partial charge in [0, 0.05) is 29.7 Å². The lowest BCUT2D eigenvalue weighted by molar-refractivity contribution is -0.143. The maximum atomic E-state index is 11.1. The fourth-order valence-corrected chi connectivity index (χ4v) is 4.69. The Kier molecular flexibility index (Phi) is 6.70. The van der Waals surface area contributed by atoms with Crippen LogP contribution in [0.15, 0.2) is 28.6 Å². The number of hydrogen-bond acceptors (Lipinski definition) is 5. The normalized spacial score (nSPS) is 15.6. The molecule has 0 aliphatic carbocycles. The second kappa shape index (κ2) is 9.05. The molecular formula is C22H26N2O3S2. The molecule has 0 bridgehead atoms. The van der Waals surface area contributed by atoms with E-state index in [2.05, 4.69) is 31.0 Å². The molecule has 3 rings (SSSR count). The zero-order chi connectivity index (χ0) is 21.1. The second-order valence-corrected chi connectivity index (χ2v) is 8.87. The zero-order valence-corrected chi connectivity index (χ0v) is 18.6. The van der Waals surface area contributed by atoms with Gasteiger partial charge in [0.2, 0.25) is 0 Å². The molecule has 154 valence electrons. The molecule has 0 amide bonds. The minimum absolute atomic E-state index is 0.257. The standard InChI is InChI=1S/C22H26N2O3S2/c1-13-4-5-17(10-14(13)2)21-20(25)18(12-29-21)15(3)23-11-19(28)24-8-6-16(7-9-24)22(26)27/h4-5,10,12,16,25H,6-9,11H2,1-3H3,(H,26,27). The maximum absolute atomic E-state index is 11.1. The second-order valence-electron chi connectivity index (χ2n) is 7.52. The van der Waals surface area contributed by atoms with E-state index in [-0.39, 0.29) is 11.7 Å². The van der Waals surface area contributed by atoms with E-state index < -0.39 is 5.97 Å². The molecule has 1 saturated heterocycles. The highest BCUT2D eigenvalue weighted by Gasteiger charge is 2.25. The molecule has 0 atom stereocenters. The summed E-state index contributed by atoms with van der Waals surface area (Å²) in [6, 6.07) is 6.18. The van der Waals surface area contributed by atoms with E-state index in [0.717, 1.165) is 26.7 Å². The van der Waals surface area contributed by atoms with Crippen LogP contribution in [0.4, 0.5) is 0 Å². The van der Waals surface area contributed by atoms with E-state index in [0.29, 0.717) is 32.5 Å². The Morgan fingerprint density at radius 1 is 1.28 bits per heavy atom. The molecule has 0 saturated carbocycles. The van der Waals surface area contributed by atoms with E-state index in [1.165, 1.54) is 22.5 Å². The van der Waals surface area contributed by atoms with Crippen LogP contribution >= 0.6 is 23.6 Å². The van der Waals surface area contributed by atoms with E-state index >= 15 is 0 Å². The third kappa shape index (κ3) is 4.85. The summed E-state index contributed by atoms with van der Waals surface area (Å²) in [4.78, 5) is 19.3. The van der Waals surface area contributed by atoms with Gasteiger partial charge in [-0.15, -0.1) is 11.3 Å². The van der Waals surface area contributed by atoms with Crippen LogP contribution < -0.4 is 0 Å². The van der Waals surface area contributed by atoms with Crippen molar-refractivity contribution in [3.05, 3.63) is 40.3 Å². The lowest BCUT2D eigenvalue weighted by Gasteiger charge is -2.31. The summed E-state index contributed by atoms with van der Waals surface area (Å²) in [5.41, 5.74) is 4.90. The molecule has 2 N–H and O–H groups in total. The quantitative estimate of drug-likeness (QED) is 0.533. The Labute approximate surface area is 180 Å². The summed E-state index contributed by atoms with van der Waals surface area (Å²) in [6.45, 7) is 7.70. The van der Waals surface area contributed by atoms with Gasteiger partial charge < -0.3 is 15.1 Å². The van der Waals surface area contributed by atoms with Crippen LogP contribution in [0.25, 0.3) is 10.4 Å². The number of aliphatic carboxylic acids is 1. The third-order valence-corrected chi connectivity index (χ3v) is 6.98. The number of benzene rings is 1. The predicted octanol–water partition coefficient (Wildman–Crippen LogP) is 4.67. The largest absolute Gasteiger partial charge is 0.506 e. The van der Waals surface area contributed by atoms with Gasteiger partial charge in [-0.25, -0.2) is 0 Å². The average Bonchev–Trinajstić information content (AvgIpc) is 3.09. The number of nitrogens with zero attached hydrogens (tertiary/aromatic N) is 2. The van der Waals surface area contributed by atoms with Gasteiger partial charge in [-0.2, -0.15) is 0 Å². The van der Waals surface area contributed by atoms with Crippen molar-refractivity contribution in [3.63, 3.8) is 0 Å². The third-order valence-electron chi connectivity index (χ3n) is 5.57. The van der Waals surface area contributed by atoms with Crippen LogP contribution in [0.2, 0.25) is 0 Å². The van der Waals surface area contributed by atoms with Crippen molar-refractivity contribution < 1.29 is 15.0 Å². The van der Waals surface area contributed by atoms with Crippen molar-refractivity contribution in [2.24, 2.45) is 10.9 Å². The summed E-state index contributed by atoms with van der Waals surface area (Å²) < 4.78 is 0. The molecule has 1 aromatic carbocycles. The van der Waals surface area contributed by atoms with E-state index in [9.17, 15) is 9.90 Å². The van der Waals surface area contributed by atoms with E-state index in [1.807, 2.05) is 23.3 Å². The minimum atomic E-state index is -0.725. The van der Waals surface area contributed by atoms with Crippen LogP contribution in [0.1, 0.15) is 36.5 Å². The molecule has 7 heteroatoms. The predicted molar refractivity (Wildman–Crippen MR) is 123 cm³/mol. The highest BCUT2D eigenvalue weighted by molar-refractivity contribution is 7.80. The molecule has 1 fully saturated rings. The van der Waals surface area contributed by atoms with Crippen molar-refractivity contribution in [1.29, 1.82) is 0 Å². The van der Waals surface area contributed by atoms with E-state index in [1.54, 1.807) is 0 Å². The van der Waals surface area contributed by atoms with Gasteiger partial charge in [0.15, 0.2) is 0 Å². The van der Waals surface area contributed by atoms with Gasteiger partial charge in [-0.3, -0.25) is 9.79 Å². The minimum Gasteiger partial charge on any atom is -0.506 e. The molecule has 0 radical (unpaired) electrons. The molecule has 1 aliphatic rings. The smallest absolute Gasteiger partial charge is 0.306 e. The van der Waals surface area contributed by atoms with Crippen molar-refractivity contribution >= 4 is 40.2 Å². The number of carboxylic acids is 1. The van der Waals surface area contributed by atoms with Gasteiger partial charge in [-0.05, 0) is 50.3 Å². The Morgan fingerprint density at radius 3 is 2.59 bits per heavy atom. The maximum Gasteiger partial charge on any atom is 0.306 e. The van der Waals surface area contributed by atoms with Crippen LogP contribution in [-0.2, 0) is 4.79 Å². The fourth-order valence-electron chi connectivity index (χ4n) is 3.44. The molecule has 1 aliphatic heterocycles. The number of aliphatic imine (C=N–C) groups is 1. The molecular weight excluding hydrogens is 404 g/mol. The number of piperidine rings is 1. The lowest BCUT2D eigenvalue weighted by atomic mass is 9.97. The van der Waals surface area contributed by atoms with Crippen molar-refractivity contribution in [3.8, 4) is 16.2 Å². The van der Waals surface area contributed by atoms with Crippen molar-refractivity contribution in [1.82, 2.24) is 4.90 Å². The SMILES string of the molecule is CC(=NCC(=S)N1CCC(C(=O)O)CC1)c1csc(-c2ccc(C)c(C)c2)c1O. The summed E-state index contributed by atoms with van der Waals surface area (Å²) in [7, 11) is 0. The van der Waals surface area contributed by atoms with E-state index in [4.69, 9.17) is 17.3 Å². The first kappa shape index (κ1) is 21.5. The highest BCUT2D eigenvalue weighted by Crippen LogP contribution is 2.39. The summed E-state index contributed by atoms with van der Waals surface area (Å²) in [5, 5.41) is 21.8. The Balaban J connectivity index is 1.67. The monoisotopic (exact) mass is 430 g/mol. The highest BCUT2D eigenvalue weighted by atomic mass is 32.1. The first-order chi connectivity index (χ1) is 13.8. The molecule has 0 unspecified atom stereocenters. The van der Waals surface area contributed by atoms with Crippen LogP contribution in [-0.4, -0.2) is 51.4 Å². The number of thiophene rings is 1. The summed E-state index contributed by atoms with van der Waals surface area (Å²) >= 11 is 7.01. The Hall–Kier alpha value is -2.25. The number of aryl methyl sites for hydroxylation is 2. The molecule has 5 nitrogen and oxygen atoms in total.